The number of imidazole rings is 1. The van der Waals surface area contributed by atoms with Gasteiger partial charge in [0.2, 0.25) is 0 Å². The van der Waals surface area contributed by atoms with Crippen molar-refractivity contribution in [1.29, 1.82) is 0 Å². The number of H-pyrrole nitrogens is 1. The number of benzene rings is 3. The molecule has 3 aromatic carbocycles. The number of allylic oxidation sites excluding steroid dienone is 2. The largest absolute Gasteiger partial charge is 0.480 e. The molecule has 49 heavy (non-hydrogen) atoms. The molecule has 1 amide bonds. The number of rotatable bonds is 10. The predicted molar refractivity (Wildman–Crippen MR) is 192 cm³/mol. The van der Waals surface area contributed by atoms with E-state index in [-0.39, 0.29) is 12.5 Å². The second kappa shape index (κ2) is 14.6. The Bertz CT molecular complexity index is 1940. The van der Waals surface area contributed by atoms with Crippen LogP contribution in [-0.4, -0.2) is 48.4 Å². The number of amides is 1. The van der Waals surface area contributed by atoms with Crippen LogP contribution in [0.3, 0.4) is 0 Å². The van der Waals surface area contributed by atoms with E-state index in [9.17, 15) is 14.7 Å². The van der Waals surface area contributed by atoms with Crippen LogP contribution in [0.4, 0.5) is 0 Å². The molecule has 7 rings (SSSR count). The zero-order chi connectivity index (χ0) is 33.7. The summed E-state index contributed by atoms with van der Waals surface area (Å²) in [6.45, 7) is 2.06. The van der Waals surface area contributed by atoms with Gasteiger partial charge in [-0.05, 0) is 79.2 Å². The molecule has 0 saturated heterocycles. The summed E-state index contributed by atoms with van der Waals surface area (Å²) >= 11 is 0. The number of aromatic amines is 1. The summed E-state index contributed by atoms with van der Waals surface area (Å²) in [5.74, 6) is 2.54. The third-order valence-corrected chi connectivity index (χ3v) is 10.6. The highest BCUT2D eigenvalue weighted by Gasteiger charge is 2.28. The zero-order valence-electron chi connectivity index (χ0n) is 28.0. The lowest BCUT2D eigenvalue weighted by Gasteiger charge is -2.35. The third-order valence-electron chi connectivity index (χ3n) is 10.6. The number of carboxylic acids is 1. The Kier molecular flexibility index (Phi) is 9.64. The molecule has 0 aliphatic heterocycles. The Morgan fingerprint density at radius 2 is 1.61 bits per heavy atom. The normalized spacial score (nSPS) is 19.4. The Balaban J connectivity index is 0.996. The van der Waals surface area contributed by atoms with E-state index in [4.69, 9.17) is 9.97 Å². The third kappa shape index (κ3) is 7.48. The molecule has 2 heterocycles. The lowest BCUT2D eigenvalue weighted by atomic mass is 9.71. The molecule has 2 aliphatic rings. The van der Waals surface area contributed by atoms with Gasteiger partial charge in [-0.3, -0.25) is 9.59 Å². The molecular weight excluding hydrogens is 610 g/mol. The summed E-state index contributed by atoms with van der Waals surface area (Å²) in [6.07, 6.45) is 16.7. The molecule has 1 fully saturated rings. The second-order valence-corrected chi connectivity index (χ2v) is 13.7. The second-order valence-electron chi connectivity index (χ2n) is 13.7. The Morgan fingerprint density at radius 3 is 2.29 bits per heavy atom. The minimum Gasteiger partial charge on any atom is -0.480 e. The van der Waals surface area contributed by atoms with Crippen LogP contribution >= 0.6 is 0 Å². The van der Waals surface area contributed by atoms with Crippen LogP contribution in [0.25, 0.3) is 39.4 Å². The number of hydrogen-bond donors (Lipinski definition) is 2. The molecule has 2 aliphatic carbocycles. The average molecular weight is 654 g/mol. The van der Waals surface area contributed by atoms with E-state index in [0.717, 1.165) is 58.4 Å². The summed E-state index contributed by atoms with van der Waals surface area (Å²) in [4.78, 5) is 44.0. The van der Waals surface area contributed by atoms with Crippen molar-refractivity contribution < 1.29 is 14.7 Å². The molecule has 250 valence electrons. The summed E-state index contributed by atoms with van der Waals surface area (Å²) in [7, 11) is 0. The van der Waals surface area contributed by atoms with Crippen LogP contribution in [0.1, 0.15) is 79.8 Å². The maximum atomic E-state index is 13.6. The molecule has 5 aromatic rings. The van der Waals surface area contributed by atoms with E-state index < -0.39 is 12.5 Å². The number of carbonyl (C=O) groups excluding carboxylic acids is 1. The number of carboxylic acid groups (broad SMARTS) is 1. The molecule has 0 spiro atoms. The van der Waals surface area contributed by atoms with Gasteiger partial charge in [-0.25, -0.2) is 15.0 Å². The fraction of sp³-hybridized carbons (Fsp3) is 0.341. The fourth-order valence-electron chi connectivity index (χ4n) is 7.65. The monoisotopic (exact) mass is 653 g/mol. The van der Waals surface area contributed by atoms with Gasteiger partial charge in [0.15, 0.2) is 5.82 Å². The number of carbonyl (C=O) groups is 2. The van der Waals surface area contributed by atoms with E-state index >= 15 is 0 Å². The van der Waals surface area contributed by atoms with E-state index in [1.807, 2.05) is 67.0 Å². The van der Waals surface area contributed by atoms with Crippen LogP contribution in [0, 0.1) is 17.8 Å². The first kappa shape index (κ1) is 32.4. The minimum absolute atomic E-state index is 0.147. The average Bonchev–Trinajstić information content (AvgIpc) is 3.59. The molecule has 0 radical (unpaired) electrons. The van der Waals surface area contributed by atoms with E-state index in [1.54, 1.807) is 18.2 Å². The van der Waals surface area contributed by atoms with Crippen molar-refractivity contribution in [2.45, 2.75) is 64.8 Å². The highest BCUT2D eigenvalue weighted by Crippen LogP contribution is 2.41. The number of nitrogens with one attached hydrogen (secondary N) is 1. The summed E-state index contributed by atoms with van der Waals surface area (Å²) in [6, 6.07) is 22.6. The van der Waals surface area contributed by atoms with Crippen LogP contribution in [0.15, 0.2) is 91.3 Å². The Morgan fingerprint density at radius 1 is 0.857 bits per heavy atom. The smallest absolute Gasteiger partial charge is 0.323 e. The molecule has 1 saturated carbocycles. The molecule has 8 heteroatoms. The van der Waals surface area contributed by atoms with E-state index in [1.165, 1.54) is 49.0 Å². The highest BCUT2D eigenvalue weighted by molar-refractivity contribution is 5.99. The Labute approximate surface area is 287 Å². The molecule has 1 unspecified atom stereocenters. The molecule has 2 aromatic heterocycles. The van der Waals surface area contributed by atoms with Crippen LogP contribution in [0.5, 0.6) is 0 Å². The molecule has 8 nitrogen and oxygen atoms in total. The van der Waals surface area contributed by atoms with Crippen LogP contribution in [-0.2, 0) is 11.3 Å². The van der Waals surface area contributed by atoms with Crippen molar-refractivity contribution in [3.8, 4) is 22.8 Å². The van der Waals surface area contributed by atoms with Crippen molar-refractivity contribution in [3.05, 3.63) is 108 Å². The van der Waals surface area contributed by atoms with Gasteiger partial charge in [0.05, 0.1) is 11.0 Å². The maximum absolute atomic E-state index is 13.6. The van der Waals surface area contributed by atoms with E-state index in [2.05, 4.69) is 23.0 Å². The number of fused-ring (bicyclic) bond motifs is 1. The molecule has 0 bridgehead atoms. The van der Waals surface area contributed by atoms with E-state index in [0.29, 0.717) is 22.7 Å². The SMILES string of the molecule is CC[C@H]1CC[C@H](C2CC=C(c3cnc(-c4ccc(CN(CC(=O)O)C(=O)c5ccc6[nH]c(-c7ccccc7)nc6c5)cc4)nc3)CC2)CC1. The number of nitrogens with zero attached hydrogens (tertiary/aromatic N) is 4. The fourth-order valence-corrected chi connectivity index (χ4v) is 7.65. The standard InChI is InChI=1S/C41H43N5O3/c1-2-27-8-12-29(13-9-27)30-16-18-31(19-17-30)35-23-42-39(43-24-35)33-14-10-28(11-15-33)25-46(26-38(47)48)41(49)34-20-21-36-37(22-34)45-40(44-36)32-6-4-3-5-7-32/h3-7,10-11,14-15,18,20-24,27,29-30H,2,8-9,12-13,16-17,19,25-26H2,1H3,(H,44,45)(H,47,48)/t27-,29-,30?. The predicted octanol–water partition coefficient (Wildman–Crippen LogP) is 8.81. The van der Waals surface area contributed by atoms with Gasteiger partial charge in [0, 0.05) is 41.2 Å². The summed E-state index contributed by atoms with van der Waals surface area (Å²) < 4.78 is 0. The van der Waals surface area contributed by atoms with Crippen molar-refractivity contribution in [1.82, 2.24) is 24.8 Å². The first-order valence-electron chi connectivity index (χ1n) is 17.6. The van der Waals surface area contributed by atoms with Gasteiger partial charge in [-0.15, -0.1) is 0 Å². The maximum Gasteiger partial charge on any atom is 0.323 e. The van der Waals surface area contributed by atoms with Crippen molar-refractivity contribution in [2.24, 2.45) is 17.8 Å². The van der Waals surface area contributed by atoms with Gasteiger partial charge in [0.1, 0.15) is 12.4 Å². The summed E-state index contributed by atoms with van der Waals surface area (Å²) in [5.41, 5.74) is 6.90. The van der Waals surface area contributed by atoms with Crippen molar-refractivity contribution in [2.75, 3.05) is 6.54 Å². The lowest BCUT2D eigenvalue weighted by Crippen LogP contribution is -2.35. The lowest BCUT2D eigenvalue weighted by molar-refractivity contribution is -0.137. The van der Waals surface area contributed by atoms with Gasteiger partial charge < -0.3 is 15.0 Å². The summed E-state index contributed by atoms with van der Waals surface area (Å²) in [5, 5.41) is 9.63. The van der Waals surface area contributed by atoms with Crippen molar-refractivity contribution in [3.63, 3.8) is 0 Å². The van der Waals surface area contributed by atoms with Crippen molar-refractivity contribution >= 4 is 28.5 Å². The number of hydrogen-bond acceptors (Lipinski definition) is 5. The highest BCUT2D eigenvalue weighted by atomic mass is 16.4. The van der Waals surface area contributed by atoms with Gasteiger partial charge >= 0.3 is 5.97 Å². The topological polar surface area (TPSA) is 112 Å². The Hall–Kier alpha value is -5.11. The van der Waals surface area contributed by atoms with Crippen LogP contribution < -0.4 is 0 Å². The zero-order valence-corrected chi connectivity index (χ0v) is 28.0. The van der Waals surface area contributed by atoms with Gasteiger partial charge in [0.25, 0.3) is 5.91 Å². The first-order chi connectivity index (χ1) is 23.9. The molecular formula is C41H43N5O3. The molecule has 1 atom stereocenters. The molecule has 2 N–H and O–H groups in total. The number of aliphatic carboxylic acids is 1. The van der Waals surface area contributed by atoms with Crippen LogP contribution in [0.2, 0.25) is 0 Å². The minimum atomic E-state index is -1.08. The van der Waals surface area contributed by atoms with Gasteiger partial charge in [-0.2, -0.15) is 0 Å². The quantitative estimate of drug-likeness (QED) is 0.156. The first-order valence-corrected chi connectivity index (χ1v) is 17.6. The van der Waals surface area contributed by atoms with Gasteiger partial charge in [-0.1, -0.05) is 86.9 Å². The number of aromatic nitrogens is 4.